The number of anilines is 1. The number of unbranched alkanes of at least 4 members (excludes halogenated alkanes) is 1. The molecule has 220 valence electrons. The number of hydrogen-bond acceptors (Lipinski definition) is 6. The fraction of sp³-hybridized carbons (Fsp3) is 0.333. The van der Waals surface area contributed by atoms with E-state index in [-0.39, 0.29) is 28.8 Å². The van der Waals surface area contributed by atoms with Crippen LogP contribution in [0.3, 0.4) is 0 Å². The van der Waals surface area contributed by atoms with Gasteiger partial charge in [-0.05, 0) is 55.3 Å². The molecular formula is C30H36FN3O6S. The molecule has 3 aromatic rings. The number of nitrogens with one attached hydrogen (secondary N) is 1. The molecule has 41 heavy (non-hydrogen) atoms. The fourth-order valence-electron chi connectivity index (χ4n) is 4.14. The molecule has 0 bridgehead atoms. The smallest absolute Gasteiger partial charge is 0.264 e. The predicted molar refractivity (Wildman–Crippen MR) is 155 cm³/mol. The number of amides is 2. The van der Waals surface area contributed by atoms with Crippen LogP contribution in [0.1, 0.15) is 32.3 Å². The molecule has 0 unspecified atom stereocenters. The SMILES string of the molecule is CCCCNC(=O)[C@H](C)N(Cc1ccccc1)C(=O)CN(c1ccc(F)cc1)S(=O)(=O)c1ccc(OC)c(OC)c1. The highest BCUT2D eigenvalue weighted by Gasteiger charge is 2.33. The molecule has 0 fully saturated rings. The van der Waals surface area contributed by atoms with E-state index in [0.29, 0.717) is 12.3 Å². The van der Waals surface area contributed by atoms with Crippen molar-refractivity contribution in [1.82, 2.24) is 10.2 Å². The van der Waals surface area contributed by atoms with Gasteiger partial charge in [-0.1, -0.05) is 43.7 Å². The zero-order valence-corrected chi connectivity index (χ0v) is 24.5. The molecule has 0 aliphatic heterocycles. The van der Waals surface area contributed by atoms with Crippen molar-refractivity contribution in [1.29, 1.82) is 0 Å². The average molecular weight is 586 g/mol. The number of halogens is 1. The molecule has 1 atom stereocenters. The second-order valence-corrected chi connectivity index (χ2v) is 11.2. The monoisotopic (exact) mass is 585 g/mol. The van der Waals surface area contributed by atoms with E-state index in [1.807, 2.05) is 37.3 Å². The number of nitrogens with zero attached hydrogens (tertiary/aromatic N) is 2. The van der Waals surface area contributed by atoms with E-state index in [1.54, 1.807) is 6.92 Å². The maximum Gasteiger partial charge on any atom is 0.264 e. The number of rotatable bonds is 14. The Morgan fingerprint density at radius 3 is 2.22 bits per heavy atom. The minimum atomic E-state index is -4.36. The molecule has 0 radical (unpaired) electrons. The largest absolute Gasteiger partial charge is 0.493 e. The van der Waals surface area contributed by atoms with Gasteiger partial charge in [-0.15, -0.1) is 0 Å². The van der Waals surface area contributed by atoms with Gasteiger partial charge in [0.05, 0.1) is 24.8 Å². The molecule has 0 heterocycles. The van der Waals surface area contributed by atoms with E-state index >= 15 is 0 Å². The molecule has 0 spiro atoms. The summed E-state index contributed by atoms with van der Waals surface area (Å²) in [5, 5.41) is 2.84. The number of carbonyl (C=O) groups is 2. The zero-order chi connectivity index (χ0) is 30.0. The number of ether oxygens (including phenoxy) is 2. The van der Waals surface area contributed by atoms with Gasteiger partial charge in [0.15, 0.2) is 11.5 Å². The van der Waals surface area contributed by atoms with Gasteiger partial charge >= 0.3 is 0 Å². The second kappa shape index (κ2) is 14.5. The van der Waals surface area contributed by atoms with Gasteiger partial charge in [0, 0.05) is 19.2 Å². The van der Waals surface area contributed by atoms with Gasteiger partial charge in [0.2, 0.25) is 11.8 Å². The molecular weight excluding hydrogens is 549 g/mol. The summed E-state index contributed by atoms with van der Waals surface area (Å²) in [5.74, 6) is -1.01. The first kappa shape index (κ1) is 31.4. The van der Waals surface area contributed by atoms with Crippen LogP contribution in [0.25, 0.3) is 0 Å². The lowest BCUT2D eigenvalue weighted by Crippen LogP contribution is -2.51. The first-order chi connectivity index (χ1) is 19.6. The van der Waals surface area contributed by atoms with Gasteiger partial charge in [-0.3, -0.25) is 13.9 Å². The average Bonchev–Trinajstić information content (AvgIpc) is 2.98. The topological polar surface area (TPSA) is 105 Å². The van der Waals surface area contributed by atoms with E-state index in [9.17, 15) is 22.4 Å². The summed E-state index contributed by atoms with van der Waals surface area (Å²) in [4.78, 5) is 28.1. The first-order valence-corrected chi connectivity index (χ1v) is 14.7. The van der Waals surface area contributed by atoms with E-state index in [2.05, 4.69) is 5.32 Å². The fourth-order valence-corrected chi connectivity index (χ4v) is 5.57. The standard InChI is InChI=1S/C30H36FN3O6S/c1-5-6-18-32-30(36)22(2)33(20-23-10-8-7-9-11-23)29(35)21-34(25-14-12-24(31)13-15-25)41(37,38)26-16-17-27(39-3)28(19-26)40-4/h7-17,19,22H,5-6,18,20-21H2,1-4H3,(H,32,36)/t22-/m0/s1. The van der Waals surface area contributed by atoms with Crippen LogP contribution in [0.4, 0.5) is 10.1 Å². The Morgan fingerprint density at radius 2 is 1.61 bits per heavy atom. The third-order valence-electron chi connectivity index (χ3n) is 6.53. The van der Waals surface area contributed by atoms with Crippen LogP contribution in [-0.4, -0.2) is 58.5 Å². The van der Waals surface area contributed by atoms with Gasteiger partial charge in [-0.2, -0.15) is 0 Å². The molecule has 3 rings (SSSR count). The highest BCUT2D eigenvalue weighted by Crippen LogP contribution is 2.32. The molecule has 0 aliphatic carbocycles. The lowest BCUT2D eigenvalue weighted by Gasteiger charge is -2.32. The Hall–Kier alpha value is -4.12. The minimum Gasteiger partial charge on any atom is -0.493 e. The number of carbonyl (C=O) groups excluding carboxylic acids is 2. The molecule has 0 aliphatic rings. The molecule has 2 amide bonds. The summed E-state index contributed by atoms with van der Waals surface area (Å²) in [6, 6.07) is 17.1. The molecule has 1 N–H and O–H groups in total. The third-order valence-corrected chi connectivity index (χ3v) is 8.30. The van der Waals surface area contributed by atoms with Gasteiger partial charge in [0.25, 0.3) is 10.0 Å². The minimum absolute atomic E-state index is 0.0780. The zero-order valence-electron chi connectivity index (χ0n) is 23.7. The number of hydrogen-bond donors (Lipinski definition) is 1. The van der Waals surface area contributed by atoms with Gasteiger partial charge in [0.1, 0.15) is 18.4 Å². The van der Waals surface area contributed by atoms with E-state index in [4.69, 9.17) is 9.47 Å². The first-order valence-electron chi connectivity index (χ1n) is 13.2. The van der Waals surface area contributed by atoms with Crippen molar-refractivity contribution < 1.29 is 31.9 Å². The Morgan fingerprint density at radius 1 is 0.951 bits per heavy atom. The molecule has 3 aromatic carbocycles. The normalized spacial score (nSPS) is 11.8. The van der Waals surface area contributed by atoms with Crippen LogP contribution in [0.2, 0.25) is 0 Å². The summed E-state index contributed by atoms with van der Waals surface area (Å²) in [5.41, 5.74) is 0.847. The third kappa shape index (κ3) is 7.97. The van der Waals surface area contributed by atoms with Crippen LogP contribution >= 0.6 is 0 Å². The summed E-state index contributed by atoms with van der Waals surface area (Å²) < 4.78 is 53.1. The lowest BCUT2D eigenvalue weighted by atomic mass is 10.1. The van der Waals surface area contributed by atoms with Crippen LogP contribution in [0, 0.1) is 5.82 Å². The van der Waals surface area contributed by atoms with Crippen LogP contribution < -0.4 is 19.1 Å². The Kier molecular flexibility index (Phi) is 11.1. The van der Waals surface area contributed by atoms with Crippen molar-refractivity contribution in [2.24, 2.45) is 0 Å². The number of sulfonamides is 1. The van der Waals surface area contributed by atoms with Crippen molar-refractivity contribution in [3.8, 4) is 11.5 Å². The maximum atomic E-state index is 14.0. The molecule has 11 heteroatoms. The highest BCUT2D eigenvalue weighted by atomic mass is 32.2. The van der Waals surface area contributed by atoms with Crippen LogP contribution in [-0.2, 0) is 26.2 Å². The Labute approximate surface area is 240 Å². The Balaban J connectivity index is 2.02. The summed E-state index contributed by atoms with van der Waals surface area (Å²) >= 11 is 0. The Bertz CT molecular complexity index is 1420. The van der Waals surface area contributed by atoms with Crippen LogP contribution in [0.15, 0.2) is 77.7 Å². The lowest BCUT2D eigenvalue weighted by molar-refractivity contribution is -0.139. The van der Waals surface area contributed by atoms with Crippen molar-refractivity contribution >= 4 is 27.5 Å². The molecule has 9 nitrogen and oxygen atoms in total. The summed E-state index contributed by atoms with van der Waals surface area (Å²) in [6.45, 7) is 3.51. The van der Waals surface area contributed by atoms with E-state index in [0.717, 1.165) is 34.8 Å². The molecule has 0 saturated heterocycles. The number of benzene rings is 3. The van der Waals surface area contributed by atoms with E-state index in [1.165, 1.54) is 49.5 Å². The highest BCUT2D eigenvalue weighted by molar-refractivity contribution is 7.92. The quantitative estimate of drug-likeness (QED) is 0.282. The molecule has 0 aromatic heterocycles. The maximum absolute atomic E-state index is 14.0. The predicted octanol–water partition coefficient (Wildman–Crippen LogP) is 4.37. The van der Waals surface area contributed by atoms with Crippen molar-refractivity contribution in [3.63, 3.8) is 0 Å². The van der Waals surface area contributed by atoms with Crippen molar-refractivity contribution in [2.75, 3.05) is 31.6 Å². The summed E-state index contributed by atoms with van der Waals surface area (Å²) in [7, 11) is -1.56. The second-order valence-electron chi connectivity index (χ2n) is 9.33. The van der Waals surface area contributed by atoms with Gasteiger partial charge in [-0.25, -0.2) is 12.8 Å². The summed E-state index contributed by atoms with van der Waals surface area (Å²) in [6.07, 6.45) is 1.68. The molecule has 0 saturated carbocycles. The van der Waals surface area contributed by atoms with Crippen molar-refractivity contribution in [3.05, 3.63) is 84.2 Å². The van der Waals surface area contributed by atoms with E-state index < -0.39 is 34.3 Å². The van der Waals surface area contributed by atoms with Crippen molar-refractivity contribution in [2.45, 2.75) is 44.2 Å². The van der Waals surface area contributed by atoms with Crippen LogP contribution in [0.5, 0.6) is 11.5 Å². The number of methoxy groups -OCH3 is 2. The van der Waals surface area contributed by atoms with Gasteiger partial charge < -0.3 is 19.7 Å².